The fourth-order valence-electron chi connectivity index (χ4n) is 4.55. The SMILES string of the molecule is CCc1nc(N2CCCN(C(=O)c3ccc(C)cc3)CC2)c2c(C)nn(-c3ccccc3)c2n1. The van der Waals surface area contributed by atoms with Crippen LogP contribution in [0.5, 0.6) is 0 Å². The van der Waals surface area contributed by atoms with Crippen molar-refractivity contribution in [1.29, 1.82) is 0 Å². The third-order valence-electron chi connectivity index (χ3n) is 6.43. The lowest BCUT2D eigenvalue weighted by Gasteiger charge is -2.24. The van der Waals surface area contributed by atoms with Crippen LogP contribution in [0.25, 0.3) is 16.7 Å². The molecule has 0 aliphatic carbocycles. The number of nitrogens with zero attached hydrogens (tertiary/aromatic N) is 6. The molecular weight excluding hydrogens is 424 g/mol. The molecular formula is C27H30N6O. The topological polar surface area (TPSA) is 67.2 Å². The number of carbonyl (C=O) groups is 1. The molecule has 0 radical (unpaired) electrons. The molecule has 0 spiro atoms. The van der Waals surface area contributed by atoms with Crippen LogP contribution in [-0.4, -0.2) is 56.7 Å². The molecule has 7 heteroatoms. The summed E-state index contributed by atoms with van der Waals surface area (Å²) in [7, 11) is 0. The largest absolute Gasteiger partial charge is 0.354 e. The number of carbonyl (C=O) groups excluding carboxylic acids is 1. The fraction of sp³-hybridized carbons (Fsp3) is 0.333. The second kappa shape index (κ2) is 9.25. The second-order valence-electron chi connectivity index (χ2n) is 8.85. The molecule has 174 valence electrons. The van der Waals surface area contributed by atoms with Gasteiger partial charge in [-0.05, 0) is 44.5 Å². The molecule has 2 aromatic carbocycles. The van der Waals surface area contributed by atoms with E-state index in [0.29, 0.717) is 6.54 Å². The van der Waals surface area contributed by atoms with E-state index in [9.17, 15) is 4.79 Å². The summed E-state index contributed by atoms with van der Waals surface area (Å²) in [5.74, 6) is 1.82. The number of anilines is 1. The smallest absolute Gasteiger partial charge is 0.253 e. The van der Waals surface area contributed by atoms with E-state index in [1.54, 1.807) is 0 Å². The van der Waals surface area contributed by atoms with Gasteiger partial charge >= 0.3 is 0 Å². The highest BCUT2D eigenvalue weighted by atomic mass is 16.2. The lowest BCUT2D eigenvalue weighted by Crippen LogP contribution is -2.35. The van der Waals surface area contributed by atoms with Crippen LogP contribution in [0.3, 0.4) is 0 Å². The third-order valence-corrected chi connectivity index (χ3v) is 6.43. The number of rotatable bonds is 4. The summed E-state index contributed by atoms with van der Waals surface area (Å²) in [5, 5.41) is 5.81. The maximum atomic E-state index is 13.1. The van der Waals surface area contributed by atoms with Gasteiger partial charge in [0.1, 0.15) is 11.6 Å². The van der Waals surface area contributed by atoms with Gasteiger partial charge in [-0.15, -0.1) is 0 Å². The quantitative estimate of drug-likeness (QED) is 0.459. The van der Waals surface area contributed by atoms with Crippen LogP contribution in [0.4, 0.5) is 5.82 Å². The van der Waals surface area contributed by atoms with Crippen LogP contribution >= 0.6 is 0 Å². The number of aromatic nitrogens is 4. The maximum Gasteiger partial charge on any atom is 0.253 e. The second-order valence-corrected chi connectivity index (χ2v) is 8.85. The summed E-state index contributed by atoms with van der Waals surface area (Å²) in [5.41, 5.74) is 4.63. The Balaban J connectivity index is 1.47. The van der Waals surface area contributed by atoms with Gasteiger partial charge in [0.05, 0.1) is 16.8 Å². The monoisotopic (exact) mass is 454 g/mol. The van der Waals surface area contributed by atoms with Crippen molar-refractivity contribution >= 4 is 22.8 Å². The van der Waals surface area contributed by atoms with Gasteiger partial charge in [0.2, 0.25) is 0 Å². The molecule has 0 unspecified atom stereocenters. The highest BCUT2D eigenvalue weighted by Crippen LogP contribution is 2.30. The number of amides is 1. The van der Waals surface area contributed by atoms with Crippen molar-refractivity contribution in [3.63, 3.8) is 0 Å². The van der Waals surface area contributed by atoms with Crippen molar-refractivity contribution < 1.29 is 4.79 Å². The Bertz CT molecular complexity index is 1310. The van der Waals surface area contributed by atoms with E-state index >= 15 is 0 Å². The van der Waals surface area contributed by atoms with Crippen LogP contribution in [-0.2, 0) is 6.42 Å². The minimum Gasteiger partial charge on any atom is -0.354 e. The normalized spacial score (nSPS) is 14.4. The molecule has 0 atom stereocenters. The molecule has 2 aromatic heterocycles. The van der Waals surface area contributed by atoms with Crippen molar-refractivity contribution in [2.24, 2.45) is 0 Å². The minimum absolute atomic E-state index is 0.0945. The number of hydrogen-bond acceptors (Lipinski definition) is 5. The highest BCUT2D eigenvalue weighted by Gasteiger charge is 2.25. The summed E-state index contributed by atoms with van der Waals surface area (Å²) >= 11 is 0. The summed E-state index contributed by atoms with van der Waals surface area (Å²) in [4.78, 5) is 27.2. The lowest BCUT2D eigenvalue weighted by molar-refractivity contribution is 0.0767. The summed E-state index contributed by atoms with van der Waals surface area (Å²) in [6, 6.07) is 17.9. The van der Waals surface area contributed by atoms with Crippen LogP contribution in [0.1, 0.15) is 40.8 Å². The van der Waals surface area contributed by atoms with E-state index in [-0.39, 0.29) is 5.91 Å². The van der Waals surface area contributed by atoms with Gasteiger partial charge in [-0.3, -0.25) is 4.79 Å². The Labute approximate surface area is 200 Å². The molecule has 4 aromatic rings. The summed E-state index contributed by atoms with van der Waals surface area (Å²) in [6.07, 6.45) is 1.63. The van der Waals surface area contributed by atoms with Gasteiger partial charge in [-0.25, -0.2) is 14.6 Å². The molecule has 1 saturated heterocycles. The van der Waals surface area contributed by atoms with Gasteiger partial charge in [0.25, 0.3) is 5.91 Å². The first kappa shape index (κ1) is 22.1. The molecule has 1 fully saturated rings. The first-order valence-electron chi connectivity index (χ1n) is 12.0. The number of aryl methyl sites for hydroxylation is 3. The Hall–Kier alpha value is -3.74. The van der Waals surface area contributed by atoms with Crippen molar-refractivity contribution in [2.45, 2.75) is 33.6 Å². The average molecular weight is 455 g/mol. The highest BCUT2D eigenvalue weighted by molar-refractivity contribution is 5.94. The maximum absolute atomic E-state index is 13.1. The van der Waals surface area contributed by atoms with Gasteiger partial charge in [0, 0.05) is 38.2 Å². The molecule has 0 bridgehead atoms. The Morgan fingerprint density at radius 2 is 1.68 bits per heavy atom. The molecule has 3 heterocycles. The number of benzene rings is 2. The number of hydrogen-bond donors (Lipinski definition) is 0. The zero-order valence-corrected chi connectivity index (χ0v) is 20.0. The Kier molecular flexibility index (Phi) is 6.01. The molecule has 1 aliphatic heterocycles. The molecule has 0 N–H and O–H groups in total. The van der Waals surface area contributed by atoms with Crippen molar-refractivity contribution in [3.8, 4) is 5.69 Å². The molecule has 0 saturated carbocycles. The van der Waals surface area contributed by atoms with Crippen molar-refractivity contribution in [3.05, 3.63) is 77.2 Å². The number of para-hydroxylation sites is 1. The van der Waals surface area contributed by atoms with Gasteiger partial charge in [0.15, 0.2) is 5.65 Å². The lowest BCUT2D eigenvalue weighted by atomic mass is 10.1. The standard InChI is InChI=1S/C27H30N6O/c1-4-23-28-25(24-20(3)30-33(26(24)29-23)22-9-6-5-7-10-22)31-15-8-16-32(18-17-31)27(34)21-13-11-19(2)12-14-21/h5-7,9-14H,4,8,15-18H2,1-3H3. The predicted octanol–water partition coefficient (Wildman–Crippen LogP) is 4.35. The first-order valence-corrected chi connectivity index (χ1v) is 12.0. The van der Waals surface area contributed by atoms with E-state index in [1.807, 2.05) is 78.0 Å². The first-order chi connectivity index (χ1) is 16.5. The molecule has 7 nitrogen and oxygen atoms in total. The molecule has 34 heavy (non-hydrogen) atoms. The average Bonchev–Trinajstić information content (AvgIpc) is 3.04. The van der Waals surface area contributed by atoms with Crippen molar-refractivity contribution in [2.75, 3.05) is 31.1 Å². The minimum atomic E-state index is 0.0945. The van der Waals surface area contributed by atoms with Crippen LogP contribution in [0.15, 0.2) is 54.6 Å². The van der Waals surface area contributed by atoms with E-state index in [1.165, 1.54) is 0 Å². The van der Waals surface area contributed by atoms with Gasteiger partial charge in [-0.2, -0.15) is 5.10 Å². The Morgan fingerprint density at radius 3 is 2.41 bits per heavy atom. The van der Waals surface area contributed by atoms with E-state index in [2.05, 4.69) is 11.8 Å². The van der Waals surface area contributed by atoms with Crippen LogP contribution in [0.2, 0.25) is 0 Å². The van der Waals surface area contributed by atoms with Crippen LogP contribution < -0.4 is 4.90 Å². The Morgan fingerprint density at radius 1 is 0.912 bits per heavy atom. The fourth-order valence-corrected chi connectivity index (χ4v) is 4.55. The summed E-state index contributed by atoms with van der Waals surface area (Å²) < 4.78 is 1.92. The molecule has 1 aliphatic rings. The molecule has 1 amide bonds. The van der Waals surface area contributed by atoms with Crippen LogP contribution in [0, 0.1) is 13.8 Å². The van der Waals surface area contributed by atoms with Gasteiger partial charge < -0.3 is 9.80 Å². The van der Waals surface area contributed by atoms with E-state index < -0.39 is 0 Å². The third kappa shape index (κ3) is 4.14. The van der Waals surface area contributed by atoms with E-state index in [0.717, 1.165) is 77.7 Å². The predicted molar refractivity (Wildman–Crippen MR) is 135 cm³/mol. The molecule has 5 rings (SSSR count). The summed E-state index contributed by atoms with van der Waals surface area (Å²) in [6.45, 7) is 9.08. The number of fused-ring (bicyclic) bond motifs is 1. The zero-order chi connectivity index (χ0) is 23.7. The van der Waals surface area contributed by atoms with Gasteiger partial charge in [-0.1, -0.05) is 42.8 Å². The zero-order valence-electron chi connectivity index (χ0n) is 20.0. The van der Waals surface area contributed by atoms with E-state index in [4.69, 9.17) is 15.1 Å². The van der Waals surface area contributed by atoms with Crippen molar-refractivity contribution in [1.82, 2.24) is 24.6 Å².